The van der Waals surface area contributed by atoms with Gasteiger partial charge < -0.3 is 9.84 Å². The summed E-state index contributed by atoms with van der Waals surface area (Å²) in [5, 5.41) is 8.57. The highest BCUT2D eigenvalue weighted by Gasteiger charge is 2.58. The third-order valence-corrected chi connectivity index (χ3v) is 2.96. The minimum absolute atomic E-state index is 0.0854. The van der Waals surface area contributed by atoms with Gasteiger partial charge in [-0.25, -0.2) is 0 Å². The maximum atomic E-state index is 11.7. The van der Waals surface area contributed by atoms with Crippen LogP contribution in [-0.4, -0.2) is 24.3 Å². The lowest BCUT2D eigenvalue weighted by molar-refractivity contribution is -0.152. The second kappa shape index (κ2) is 4.30. The highest BCUT2D eigenvalue weighted by Crippen LogP contribution is 2.57. The Bertz CT molecular complexity index is 213. The van der Waals surface area contributed by atoms with Gasteiger partial charge in [-0.2, -0.15) is 0 Å². The van der Waals surface area contributed by atoms with Gasteiger partial charge in [0.25, 0.3) is 0 Å². The van der Waals surface area contributed by atoms with Crippen LogP contribution >= 0.6 is 0 Å². The molecule has 14 heavy (non-hydrogen) atoms. The summed E-state index contributed by atoms with van der Waals surface area (Å²) in [6, 6.07) is 0. The maximum absolute atomic E-state index is 11.7. The van der Waals surface area contributed by atoms with Gasteiger partial charge in [0.15, 0.2) is 0 Å². The number of esters is 1. The molecule has 1 saturated carbocycles. The van der Waals surface area contributed by atoms with Crippen molar-refractivity contribution in [3.8, 4) is 0 Å². The maximum Gasteiger partial charge on any atom is 0.312 e. The molecule has 1 N–H and O–H groups in total. The fraction of sp³-hybridized carbons (Fsp3) is 0.909. The zero-order valence-electron chi connectivity index (χ0n) is 9.25. The van der Waals surface area contributed by atoms with Gasteiger partial charge in [0.1, 0.15) is 6.61 Å². The Balaban J connectivity index is 2.49. The topological polar surface area (TPSA) is 46.5 Å². The van der Waals surface area contributed by atoms with Crippen LogP contribution in [0.25, 0.3) is 0 Å². The minimum Gasteiger partial charge on any atom is -0.463 e. The second-order valence-corrected chi connectivity index (χ2v) is 4.72. The van der Waals surface area contributed by atoms with Crippen molar-refractivity contribution in [3.05, 3.63) is 0 Å². The van der Waals surface area contributed by atoms with Gasteiger partial charge in [-0.3, -0.25) is 4.79 Å². The highest BCUT2D eigenvalue weighted by atomic mass is 16.5. The standard InChI is InChI=1S/C11H20O3/c1-8(2)6-11(7-9(11)3)10(13)14-5-4-12/h8-9,12H,4-7H2,1-3H3. The number of ether oxygens (including phenoxy) is 1. The van der Waals surface area contributed by atoms with Crippen molar-refractivity contribution in [2.24, 2.45) is 17.3 Å². The molecular weight excluding hydrogens is 180 g/mol. The monoisotopic (exact) mass is 200 g/mol. The van der Waals surface area contributed by atoms with E-state index in [4.69, 9.17) is 9.84 Å². The van der Waals surface area contributed by atoms with Crippen LogP contribution < -0.4 is 0 Å². The van der Waals surface area contributed by atoms with Crippen LogP contribution in [0.5, 0.6) is 0 Å². The molecule has 1 aliphatic carbocycles. The third-order valence-electron chi connectivity index (χ3n) is 2.96. The predicted molar refractivity (Wildman–Crippen MR) is 53.7 cm³/mol. The van der Waals surface area contributed by atoms with Crippen molar-refractivity contribution in [2.45, 2.75) is 33.6 Å². The van der Waals surface area contributed by atoms with Crippen LogP contribution in [-0.2, 0) is 9.53 Å². The quantitative estimate of drug-likeness (QED) is 0.686. The molecule has 2 unspecified atom stereocenters. The van der Waals surface area contributed by atoms with Crippen molar-refractivity contribution in [1.29, 1.82) is 0 Å². The zero-order chi connectivity index (χ0) is 10.8. The number of hydrogen-bond acceptors (Lipinski definition) is 3. The van der Waals surface area contributed by atoms with E-state index in [1.54, 1.807) is 0 Å². The van der Waals surface area contributed by atoms with E-state index in [9.17, 15) is 4.79 Å². The molecule has 0 saturated heterocycles. The molecule has 0 heterocycles. The van der Waals surface area contributed by atoms with E-state index in [1.165, 1.54) is 0 Å². The van der Waals surface area contributed by atoms with Gasteiger partial charge in [0.2, 0.25) is 0 Å². The molecule has 0 aromatic carbocycles. The average molecular weight is 200 g/mol. The fourth-order valence-electron chi connectivity index (χ4n) is 2.15. The Labute approximate surface area is 85.5 Å². The molecule has 0 aliphatic heterocycles. The Morgan fingerprint density at radius 2 is 2.21 bits per heavy atom. The first-order chi connectivity index (χ1) is 6.53. The van der Waals surface area contributed by atoms with Gasteiger partial charge in [0, 0.05) is 0 Å². The smallest absolute Gasteiger partial charge is 0.312 e. The number of carbonyl (C=O) groups is 1. The lowest BCUT2D eigenvalue weighted by atomic mass is 9.92. The molecule has 0 radical (unpaired) electrons. The van der Waals surface area contributed by atoms with Crippen LogP contribution in [0.2, 0.25) is 0 Å². The second-order valence-electron chi connectivity index (χ2n) is 4.72. The molecule has 1 fully saturated rings. The first-order valence-electron chi connectivity index (χ1n) is 5.31. The Kier molecular flexibility index (Phi) is 3.53. The predicted octanol–water partition coefficient (Wildman–Crippen LogP) is 1.59. The van der Waals surface area contributed by atoms with Gasteiger partial charge in [0.05, 0.1) is 12.0 Å². The molecule has 0 aromatic rings. The molecule has 3 nitrogen and oxygen atoms in total. The van der Waals surface area contributed by atoms with Gasteiger partial charge in [-0.05, 0) is 24.7 Å². The van der Waals surface area contributed by atoms with Crippen LogP contribution in [0, 0.1) is 17.3 Å². The van der Waals surface area contributed by atoms with Crippen molar-refractivity contribution in [1.82, 2.24) is 0 Å². The molecule has 3 heteroatoms. The minimum atomic E-state index is -0.233. The van der Waals surface area contributed by atoms with E-state index in [-0.39, 0.29) is 24.6 Å². The molecular formula is C11H20O3. The van der Waals surface area contributed by atoms with E-state index in [2.05, 4.69) is 20.8 Å². The summed E-state index contributed by atoms with van der Waals surface area (Å²) in [5.41, 5.74) is -0.233. The van der Waals surface area contributed by atoms with E-state index in [0.717, 1.165) is 12.8 Å². The van der Waals surface area contributed by atoms with E-state index in [0.29, 0.717) is 11.8 Å². The van der Waals surface area contributed by atoms with Crippen LogP contribution in [0.1, 0.15) is 33.6 Å². The first kappa shape index (κ1) is 11.5. The molecule has 1 rings (SSSR count). The number of aliphatic hydroxyl groups is 1. The highest BCUT2D eigenvalue weighted by molar-refractivity contribution is 5.80. The van der Waals surface area contributed by atoms with Crippen LogP contribution in [0.3, 0.4) is 0 Å². The number of hydrogen-bond donors (Lipinski definition) is 1. The first-order valence-corrected chi connectivity index (χ1v) is 5.31. The summed E-state index contributed by atoms with van der Waals surface area (Å²) in [4.78, 5) is 11.7. The van der Waals surface area contributed by atoms with Crippen molar-refractivity contribution in [2.75, 3.05) is 13.2 Å². The molecule has 0 aromatic heterocycles. The molecule has 0 bridgehead atoms. The summed E-state index contributed by atoms with van der Waals surface area (Å²) in [5.74, 6) is 0.838. The SMILES string of the molecule is CC(C)CC1(C(=O)OCCO)CC1C. The zero-order valence-corrected chi connectivity index (χ0v) is 9.25. The molecule has 82 valence electrons. The number of rotatable bonds is 5. The van der Waals surface area contributed by atoms with Gasteiger partial charge >= 0.3 is 5.97 Å². The van der Waals surface area contributed by atoms with E-state index >= 15 is 0 Å². The Morgan fingerprint density at radius 1 is 1.64 bits per heavy atom. The Hall–Kier alpha value is -0.570. The number of carbonyl (C=O) groups excluding carboxylic acids is 1. The van der Waals surface area contributed by atoms with Crippen LogP contribution in [0.4, 0.5) is 0 Å². The lowest BCUT2D eigenvalue weighted by Crippen LogP contribution is -2.24. The fourth-order valence-corrected chi connectivity index (χ4v) is 2.15. The summed E-state index contributed by atoms with van der Waals surface area (Å²) >= 11 is 0. The van der Waals surface area contributed by atoms with Gasteiger partial charge in [-0.1, -0.05) is 20.8 Å². The summed E-state index contributed by atoms with van der Waals surface area (Å²) < 4.78 is 5.00. The largest absolute Gasteiger partial charge is 0.463 e. The molecule has 1 aliphatic rings. The van der Waals surface area contributed by atoms with E-state index < -0.39 is 0 Å². The molecule has 0 amide bonds. The van der Waals surface area contributed by atoms with Crippen LogP contribution in [0.15, 0.2) is 0 Å². The normalized spacial score (nSPS) is 30.5. The Morgan fingerprint density at radius 3 is 2.57 bits per heavy atom. The summed E-state index contributed by atoms with van der Waals surface area (Å²) in [7, 11) is 0. The average Bonchev–Trinajstić information content (AvgIpc) is 2.72. The summed E-state index contributed by atoms with van der Waals surface area (Å²) in [6.07, 6.45) is 1.84. The lowest BCUT2D eigenvalue weighted by Gasteiger charge is -2.17. The van der Waals surface area contributed by atoms with Crippen molar-refractivity contribution >= 4 is 5.97 Å². The van der Waals surface area contributed by atoms with E-state index in [1.807, 2.05) is 0 Å². The molecule has 0 spiro atoms. The van der Waals surface area contributed by atoms with Crippen molar-refractivity contribution < 1.29 is 14.6 Å². The number of aliphatic hydroxyl groups excluding tert-OH is 1. The van der Waals surface area contributed by atoms with Gasteiger partial charge in [-0.15, -0.1) is 0 Å². The van der Waals surface area contributed by atoms with Crippen molar-refractivity contribution in [3.63, 3.8) is 0 Å². The summed E-state index contributed by atoms with van der Waals surface area (Å²) in [6.45, 7) is 6.37. The third kappa shape index (κ3) is 2.27. The molecule has 2 atom stereocenters.